The van der Waals surface area contributed by atoms with Crippen LogP contribution in [0.25, 0.3) is 0 Å². The van der Waals surface area contributed by atoms with Crippen LogP contribution >= 0.6 is 12.2 Å². The van der Waals surface area contributed by atoms with Gasteiger partial charge in [0.1, 0.15) is 11.5 Å². The van der Waals surface area contributed by atoms with E-state index in [2.05, 4.69) is 21.1 Å². The molecule has 0 atom stereocenters. The summed E-state index contributed by atoms with van der Waals surface area (Å²) >= 11 is 4.93. The average molecular weight is 262 g/mol. The number of nitrogens with one attached hydrogen (secondary N) is 2. The van der Waals surface area contributed by atoms with Crippen LogP contribution in [0.15, 0.2) is 55.8 Å². The lowest BCUT2D eigenvalue weighted by molar-refractivity contribution is 0.560. The van der Waals surface area contributed by atoms with Crippen molar-refractivity contribution in [2.75, 3.05) is 0 Å². The van der Waals surface area contributed by atoms with Gasteiger partial charge in [0.15, 0.2) is 0 Å². The molecule has 0 fully saturated rings. The maximum absolute atomic E-state index is 5.05. The van der Waals surface area contributed by atoms with Crippen molar-refractivity contribution in [2.45, 2.75) is 0 Å². The van der Waals surface area contributed by atoms with Gasteiger partial charge in [-0.15, -0.1) is 0 Å². The minimum absolute atomic E-state index is 0.264. The maximum atomic E-state index is 5.05. The minimum atomic E-state index is 0.264. The third kappa shape index (κ3) is 3.87. The van der Waals surface area contributed by atoms with Crippen LogP contribution in [0.3, 0.4) is 0 Å². The highest BCUT2D eigenvalue weighted by molar-refractivity contribution is 7.80. The van der Waals surface area contributed by atoms with Crippen LogP contribution in [0.2, 0.25) is 0 Å². The molecule has 2 heterocycles. The van der Waals surface area contributed by atoms with Crippen molar-refractivity contribution in [3.8, 4) is 0 Å². The summed E-state index contributed by atoms with van der Waals surface area (Å²) < 4.78 is 10.1. The summed E-state index contributed by atoms with van der Waals surface area (Å²) in [6, 6.07) is 7.09. The molecule has 0 amide bonds. The molecule has 6 nitrogen and oxygen atoms in total. The molecule has 18 heavy (non-hydrogen) atoms. The van der Waals surface area contributed by atoms with Gasteiger partial charge in [-0.05, 0) is 36.5 Å². The monoisotopic (exact) mass is 262 g/mol. The lowest BCUT2D eigenvalue weighted by Crippen LogP contribution is -2.28. The summed E-state index contributed by atoms with van der Waals surface area (Å²) in [5, 5.41) is 7.98. The largest absolute Gasteiger partial charge is 0.463 e. The predicted molar refractivity (Wildman–Crippen MR) is 71.5 cm³/mol. The second-order valence-corrected chi connectivity index (χ2v) is 3.51. The molecule has 2 aromatic heterocycles. The van der Waals surface area contributed by atoms with Crippen LogP contribution in [-0.4, -0.2) is 17.5 Å². The Bertz CT molecular complexity index is 483. The third-order valence-corrected chi connectivity index (χ3v) is 1.98. The molecule has 2 rings (SSSR count). The zero-order chi connectivity index (χ0) is 12.6. The molecule has 0 saturated heterocycles. The molecule has 0 aliphatic rings. The van der Waals surface area contributed by atoms with Crippen molar-refractivity contribution in [1.82, 2.24) is 10.9 Å². The first-order chi connectivity index (χ1) is 8.84. The van der Waals surface area contributed by atoms with Crippen molar-refractivity contribution < 1.29 is 8.83 Å². The smallest absolute Gasteiger partial charge is 0.207 e. The van der Waals surface area contributed by atoms with Gasteiger partial charge in [-0.2, -0.15) is 10.2 Å². The topological polar surface area (TPSA) is 75.1 Å². The first kappa shape index (κ1) is 12.1. The molecule has 0 radical (unpaired) electrons. The number of hydrazone groups is 2. The van der Waals surface area contributed by atoms with E-state index in [4.69, 9.17) is 21.1 Å². The van der Waals surface area contributed by atoms with Gasteiger partial charge in [-0.25, -0.2) is 0 Å². The number of furan rings is 2. The van der Waals surface area contributed by atoms with Crippen LogP contribution in [0.5, 0.6) is 0 Å². The summed E-state index contributed by atoms with van der Waals surface area (Å²) in [4.78, 5) is 0. The Morgan fingerprint density at radius 1 is 1.00 bits per heavy atom. The molecule has 92 valence electrons. The van der Waals surface area contributed by atoms with Crippen molar-refractivity contribution in [3.63, 3.8) is 0 Å². The fourth-order valence-electron chi connectivity index (χ4n) is 1.06. The Labute approximate surface area is 108 Å². The molecule has 0 aromatic carbocycles. The molecule has 0 aliphatic heterocycles. The molecular weight excluding hydrogens is 252 g/mol. The highest BCUT2D eigenvalue weighted by Gasteiger charge is 1.92. The van der Waals surface area contributed by atoms with E-state index in [1.165, 1.54) is 12.4 Å². The summed E-state index contributed by atoms with van der Waals surface area (Å²) in [5.41, 5.74) is 5.17. The van der Waals surface area contributed by atoms with E-state index in [0.717, 1.165) is 0 Å². The van der Waals surface area contributed by atoms with Crippen LogP contribution in [0.4, 0.5) is 0 Å². The van der Waals surface area contributed by atoms with Gasteiger partial charge in [0, 0.05) is 0 Å². The molecule has 0 unspecified atom stereocenters. The van der Waals surface area contributed by atoms with E-state index in [1.807, 2.05) is 0 Å². The quantitative estimate of drug-likeness (QED) is 0.498. The standard InChI is InChI=1S/C11H10N4O2S/c18-11(14-12-7-9-3-1-5-16-9)15-13-8-10-4-2-6-17-10/h1-8H,(H2,14,15,18)/b12-7+,13-8+. The van der Waals surface area contributed by atoms with E-state index in [1.54, 1.807) is 36.8 Å². The number of nitrogens with zero attached hydrogens (tertiary/aromatic N) is 2. The van der Waals surface area contributed by atoms with E-state index >= 15 is 0 Å². The minimum Gasteiger partial charge on any atom is -0.463 e. The first-order valence-electron chi connectivity index (χ1n) is 5.04. The van der Waals surface area contributed by atoms with Gasteiger partial charge >= 0.3 is 0 Å². The average Bonchev–Trinajstić information content (AvgIpc) is 3.01. The Balaban J connectivity index is 1.72. The summed E-state index contributed by atoms with van der Waals surface area (Å²) in [5.74, 6) is 1.26. The van der Waals surface area contributed by atoms with Crippen molar-refractivity contribution >= 4 is 29.8 Å². The lowest BCUT2D eigenvalue weighted by Gasteiger charge is -1.99. The van der Waals surface area contributed by atoms with Gasteiger partial charge in [-0.1, -0.05) is 0 Å². The Morgan fingerprint density at radius 2 is 1.50 bits per heavy atom. The van der Waals surface area contributed by atoms with Crippen LogP contribution < -0.4 is 10.9 Å². The zero-order valence-corrected chi connectivity index (χ0v) is 10.1. The molecular formula is C11H10N4O2S. The van der Waals surface area contributed by atoms with Gasteiger partial charge in [-0.3, -0.25) is 10.9 Å². The highest BCUT2D eigenvalue weighted by atomic mass is 32.1. The maximum Gasteiger partial charge on any atom is 0.207 e. The van der Waals surface area contributed by atoms with Gasteiger partial charge in [0.2, 0.25) is 5.11 Å². The zero-order valence-electron chi connectivity index (χ0n) is 9.24. The fraction of sp³-hybridized carbons (Fsp3) is 0. The Morgan fingerprint density at radius 3 is 1.89 bits per heavy atom. The number of rotatable bonds is 4. The lowest BCUT2D eigenvalue weighted by atomic mass is 10.5. The summed E-state index contributed by atoms with van der Waals surface area (Å²) in [6.07, 6.45) is 6.13. The van der Waals surface area contributed by atoms with Crippen LogP contribution in [0, 0.1) is 0 Å². The van der Waals surface area contributed by atoms with E-state index in [-0.39, 0.29) is 5.11 Å². The number of hydrogen-bond acceptors (Lipinski definition) is 5. The van der Waals surface area contributed by atoms with Crippen molar-refractivity contribution in [2.24, 2.45) is 10.2 Å². The normalized spacial score (nSPS) is 11.1. The van der Waals surface area contributed by atoms with Crippen LogP contribution in [-0.2, 0) is 0 Å². The number of hydrogen-bond donors (Lipinski definition) is 2. The molecule has 0 spiro atoms. The van der Waals surface area contributed by atoms with Crippen LogP contribution in [0.1, 0.15) is 11.5 Å². The molecule has 7 heteroatoms. The molecule has 0 saturated carbocycles. The van der Waals surface area contributed by atoms with E-state index in [9.17, 15) is 0 Å². The fourth-order valence-corrected chi connectivity index (χ4v) is 1.17. The Hall–Kier alpha value is -2.41. The molecule has 2 N–H and O–H groups in total. The molecule has 0 bridgehead atoms. The van der Waals surface area contributed by atoms with E-state index in [0.29, 0.717) is 11.5 Å². The second kappa shape index (κ2) is 6.36. The Kier molecular flexibility index (Phi) is 4.26. The SMILES string of the molecule is S=C(N/N=C/c1ccco1)N/N=C/c1ccco1. The third-order valence-electron chi connectivity index (χ3n) is 1.80. The van der Waals surface area contributed by atoms with Gasteiger partial charge in [0.05, 0.1) is 25.0 Å². The molecule has 2 aromatic rings. The van der Waals surface area contributed by atoms with Gasteiger partial charge < -0.3 is 8.83 Å². The van der Waals surface area contributed by atoms with E-state index < -0.39 is 0 Å². The summed E-state index contributed by atoms with van der Waals surface area (Å²) in [7, 11) is 0. The summed E-state index contributed by atoms with van der Waals surface area (Å²) in [6.45, 7) is 0. The molecule has 0 aliphatic carbocycles. The number of thiocarbonyl (C=S) groups is 1. The van der Waals surface area contributed by atoms with Crippen molar-refractivity contribution in [1.29, 1.82) is 0 Å². The second-order valence-electron chi connectivity index (χ2n) is 3.10. The first-order valence-corrected chi connectivity index (χ1v) is 5.44. The van der Waals surface area contributed by atoms with Crippen molar-refractivity contribution in [3.05, 3.63) is 48.3 Å². The van der Waals surface area contributed by atoms with Gasteiger partial charge in [0.25, 0.3) is 0 Å². The predicted octanol–water partition coefficient (Wildman–Crippen LogP) is 1.70. The highest BCUT2D eigenvalue weighted by Crippen LogP contribution is 1.95.